The van der Waals surface area contributed by atoms with E-state index in [4.69, 9.17) is 4.74 Å². The molecule has 4 heteroatoms. The molecule has 1 aromatic carbocycles. The van der Waals surface area contributed by atoms with Gasteiger partial charge in [-0.05, 0) is 37.3 Å². The van der Waals surface area contributed by atoms with E-state index in [1.165, 1.54) is 11.1 Å². The summed E-state index contributed by atoms with van der Waals surface area (Å²) in [7, 11) is 1.84. The Kier molecular flexibility index (Phi) is 5.98. The lowest BCUT2D eigenvalue weighted by Crippen LogP contribution is -2.44. The predicted octanol–water partition coefficient (Wildman–Crippen LogP) is 2.18. The number of amides is 1. The molecule has 1 aromatic rings. The van der Waals surface area contributed by atoms with Gasteiger partial charge >= 0.3 is 0 Å². The number of carbonyl (C=O) groups is 1. The van der Waals surface area contributed by atoms with Gasteiger partial charge in [-0.25, -0.2) is 0 Å². The highest BCUT2D eigenvalue weighted by Crippen LogP contribution is 2.30. The van der Waals surface area contributed by atoms with Crippen molar-refractivity contribution in [3.63, 3.8) is 0 Å². The van der Waals surface area contributed by atoms with Crippen LogP contribution in [0.25, 0.3) is 0 Å². The third-order valence-electron chi connectivity index (χ3n) is 4.76. The molecule has 0 saturated carbocycles. The molecule has 22 heavy (non-hydrogen) atoms. The second-order valence-electron chi connectivity index (χ2n) is 6.45. The minimum Gasteiger partial charge on any atom is -0.396 e. The molecule has 0 atom stereocenters. The molecule has 0 bridgehead atoms. The zero-order chi connectivity index (χ0) is 16.0. The normalized spacial score (nSPS) is 17.2. The molecule has 4 nitrogen and oxygen atoms in total. The summed E-state index contributed by atoms with van der Waals surface area (Å²) in [6.45, 7) is 4.15. The van der Waals surface area contributed by atoms with E-state index in [1.807, 2.05) is 19.2 Å². The van der Waals surface area contributed by atoms with Crippen LogP contribution in [0.1, 0.15) is 30.4 Å². The number of aliphatic hydroxyl groups excluding tert-OH is 1. The summed E-state index contributed by atoms with van der Waals surface area (Å²) in [4.78, 5) is 14.2. The highest BCUT2D eigenvalue weighted by molar-refractivity contribution is 5.76. The lowest BCUT2D eigenvalue weighted by molar-refractivity contribution is -0.133. The summed E-state index contributed by atoms with van der Waals surface area (Å²) in [6, 6.07) is 8.19. The number of benzene rings is 1. The fraction of sp³-hybridized carbons (Fsp3) is 0.611. The van der Waals surface area contributed by atoms with E-state index in [2.05, 4.69) is 19.1 Å². The van der Waals surface area contributed by atoms with Crippen molar-refractivity contribution >= 4 is 5.91 Å². The van der Waals surface area contributed by atoms with E-state index in [-0.39, 0.29) is 17.9 Å². The van der Waals surface area contributed by atoms with Crippen molar-refractivity contribution in [1.82, 2.24) is 4.90 Å². The first-order chi connectivity index (χ1) is 10.6. The molecule has 0 unspecified atom stereocenters. The van der Waals surface area contributed by atoms with Crippen LogP contribution in [0.15, 0.2) is 24.3 Å². The summed E-state index contributed by atoms with van der Waals surface area (Å²) in [5.41, 5.74) is 2.27. The van der Waals surface area contributed by atoms with E-state index in [0.717, 1.165) is 19.3 Å². The van der Waals surface area contributed by atoms with Gasteiger partial charge in [0.05, 0.1) is 6.61 Å². The second-order valence-corrected chi connectivity index (χ2v) is 6.45. The van der Waals surface area contributed by atoms with Crippen molar-refractivity contribution in [2.75, 3.05) is 33.4 Å². The maximum Gasteiger partial charge on any atom is 0.222 e. The molecule has 1 amide bonds. The van der Waals surface area contributed by atoms with Gasteiger partial charge in [-0.15, -0.1) is 0 Å². The molecule has 0 aliphatic carbocycles. The second kappa shape index (κ2) is 7.75. The maximum absolute atomic E-state index is 12.4. The van der Waals surface area contributed by atoms with E-state index >= 15 is 0 Å². The van der Waals surface area contributed by atoms with Gasteiger partial charge in [-0.3, -0.25) is 4.79 Å². The Balaban J connectivity index is 1.87. The van der Waals surface area contributed by atoms with Crippen molar-refractivity contribution in [3.8, 4) is 0 Å². The van der Waals surface area contributed by atoms with Crippen LogP contribution in [0.4, 0.5) is 0 Å². The quantitative estimate of drug-likeness (QED) is 0.876. The third-order valence-corrected chi connectivity index (χ3v) is 4.76. The zero-order valence-corrected chi connectivity index (χ0v) is 13.7. The van der Waals surface area contributed by atoms with Gasteiger partial charge < -0.3 is 14.7 Å². The highest BCUT2D eigenvalue weighted by Gasteiger charge is 2.34. The van der Waals surface area contributed by atoms with Crippen LogP contribution in [0.5, 0.6) is 0 Å². The molecular formula is C18H27NO3. The topological polar surface area (TPSA) is 49.8 Å². The van der Waals surface area contributed by atoms with E-state index < -0.39 is 0 Å². The van der Waals surface area contributed by atoms with E-state index in [9.17, 15) is 9.90 Å². The number of aryl methyl sites for hydroxylation is 2. The average molecular weight is 305 g/mol. The number of rotatable bonds is 6. The lowest BCUT2D eigenvalue weighted by Gasteiger charge is -2.38. The fourth-order valence-corrected chi connectivity index (χ4v) is 3.08. The first-order valence-corrected chi connectivity index (χ1v) is 8.03. The van der Waals surface area contributed by atoms with Gasteiger partial charge in [0.15, 0.2) is 0 Å². The summed E-state index contributed by atoms with van der Waals surface area (Å²) < 4.78 is 5.37. The molecule has 0 aromatic heterocycles. The smallest absolute Gasteiger partial charge is 0.222 e. The van der Waals surface area contributed by atoms with Gasteiger partial charge in [-0.2, -0.15) is 0 Å². The number of hydrogen-bond donors (Lipinski definition) is 1. The number of ether oxygens (including phenoxy) is 1. The monoisotopic (exact) mass is 305 g/mol. The Morgan fingerprint density at radius 3 is 2.64 bits per heavy atom. The molecule has 0 radical (unpaired) electrons. The van der Waals surface area contributed by atoms with Crippen molar-refractivity contribution in [2.45, 2.75) is 32.6 Å². The summed E-state index contributed by atoms with van der Waals surface area (Å²) in [5.74, 6) is 0.141. The molecule has 1 saturated heterocycles. The van der Waals surface area contributed by atoms with Crippen LogP contribution < -0.4 is 0 Å². The number of carbonyl (C=O) groups excluding carboxylic acids is 1. The van der Waals surface area contributed by atoms with Crippen LogP contribution in [0.2, 0.25) is 0 Å². The number of nitrogens with zero attached hydrogens (tertiary/aromatic N) is 1. The van der Waals surface area contributed by atoms with E-state index in [0.29, 0.717) is 26.2 Å². The molecule has 122 valence electrons. The first kappa shape index (κ1) is 17.0. The van der Waals surface area contributed by atoms with Crippen molar-refractivity contribution in [1.29, 1.82) is 0 Å². The van der Waals surface area contributed by atoms with Gasteiger partial charge in [-0.1, -0.05) is 24.3 Å². The number of aliphatic hydroxyl groups is 1. The first-order valence-electron chi connectivity index (χ1n) is 8.03. The van der Waals surface area contributed by atoms with Gasteiger partial charge in [0, 0.05) is 38.6 Å². The van der Waals surface area contributed by atoms with E-state index in [1.54, 1.807) is 4.90 Å². The van der Waals surface area contributed by atoms with Crippen LogP contribution in [0, 0.1) is 12.3 Å². The van der Waals surface area contributed by atoms with Gasteiger partial charge in [0.1, 0.15) is 0 Å². The molecule has 1 heterocycles. The standard InChI is InChI=1S/C18H27NO3/c1-15-5-3-4-6-16(15)7-8-17(21)19(2)13-18(14-20)9-11-22-12-10-18/h3-6,20H,7-14H2,1-2H3. The maximum atomic E-state index is 12.4. The molecule has 0 spiro atoms. The minimum atomic E-state index is -0.189. The Labute approximate surface area is 133 Å². The molecule has 1 fully saturated rings. The highest BCUT2D eigenvalue weighted by atomic mass is 16.5. The Morgan fingerprint density at radius 2 is 2.00 bits per heavy atom. The molecule has 2 rings (SSSR count). The van der Waals surface area contributed by atoms with Crippen LogP contribution >= 0.6 is 0 Å². The average Bonchev–Trinajstić information content (AvgIpc) is 2.54. The minimum absolute atomic E-state index is 0.117. The summed E-state index contributed by atoms with van der Waals surface area (Å²) in [5, 5.41) is 9.72. The van der Waals surface area contributed by atoms with Gasteiger partial charge in [0.25, 0.3) is 0 Å². The van der Waals surface area contributed by atoms with Crippen LogP contribution in [-0.2, 0) is 16.0 Å². The Bertz CT molecular complexity index is 495. The van der Waals surface area contributed by atoms with Crippen molar-refractivity contribution < 1.29 is 14.6 Å². The Morgan fingerprint density at radius 1 is 1.32 bits per heavy atom. The van der Waals surface area contributed by atoms with Crippen LogP contribution in [-0.4, -0.2) is 49.3 Å². The van der Waals surface area contributed by atoms with Crippen molar-refractivity contribution in [2.24, 2.45) is 5.41 Å². The SMILES string of the molecule is Cc1ccccc1CCC(=O)N(C)CC1(CO)CCOCC1. The zero-order valence-electron chi connectivity index (χ0n) is 13.7. The summed E-state index contributed by atoms with van der Waals surface area (Å²) >= 11 is 0. The fourth-order valence-electron chi connectivity index (χ4n) is 3.08. The molecule has 1 aliphatic heterocycles. The largest absolute Gasteiger partial charge is 0.396 e. The summed E-state index contributed by atoms with van der Waals surface area (Å²) in [6.07, 6.45) is 2.92. The van der Waals surface area contributed by atoms with Crippen LogP contribution in [0.3, 0.4) is 0 Å². The molecule has 1 aliphatic rings. The third kappa shape index (κ3) is 4.31. The van der Waals surface area contributed by atoms with Crippen molar-refractivity contribution in [3.05, 3.63) is 35.4 Å². The number of hydrogen-bond acceptors (Lipinski definition) is 3. The Hall–Kier alpha value is -1.39. The van der Waals surface area contributed by atoms with Gasteiger partial charge in [0.2, 0.25) is 5.91 Å². The molecular weight excluding hydrogens is 278 g/mol. The predicted molar refractivity (Wildman–Crippen MR) is 86.7 cm³/mol. The molecule has 1 N–H and O–H groups in total. The lowest BCUT2D eigenvalue weighted by atomic mass is 9.80.